The SMILES string of the molecule is Cc1cccc(-c2ccc(-c3ccc(-c4cc(-c5ccc6c7ccccc7c7ccccc7c6c5)cc(-c5nc(-c6ccccc6)nc(-c6ccccc6)n5)c4)cc3)cc2)n1. The molecular weight excluding hydrogens is 741 g/mol. The maximum Gasteiger partial charge on any atom is 0.164 e. The summed E-state index contributed by atoms with van der Waals surface area (Å²) in [6.07, 6.45) is 0. The van der Waals surface area contributed by atoms with Crippen LogP contribution < -0.4 is 0 Å². The third-order valence-electron chi connectivity index (χ3n) is 11.6. The van der Waals surface area contributed by atoms with Crippen LogP contribution in [-0.4, -0.2) is 19.9 Å². The van der Waals surface area contributed by atoms with Crippen LogP contribution in [0.5, 0.6) is 0 Å². The minimum absolute atomic E-state index is 0.618. The van der Waals surface area contributed by atoms with Crippen molar-refractivity contribution in [3.05, 3.63) is 218 Å². The molecule has 0 amide bonds. The summed E-state index contributed by atoms with van der Waals surface area (Å²) in [5.74, 6) is 1.89. The van der Waals surface area contributed by atoms with E-state index >= 15 is 0 Å². The summed E-state index contributed by atoms with van der Waals surface area (Å²) in [7, 11) is 0. The second-order valence-corrected chi connectivity index (χ2v) is 15.5. The number of fused-ring (bicyclic) bond motifs is 6. The first-order valence-electron chi connectivity index (χ1n) is 20.6. The van der Waals surface area contributed by atoms with E-state index < -0.39 is 0 Å². The predicted molar refractivity (Wildman–Crippen MR) is 253 cm³/mol. The van der Waals surface area contributed by atoms with Crippen LogP contribution in [0.15, 0.2) is 212 Å². The molecule has 4 heteroatoms. The largest absolute Gasteiger partial charge is 0.253 e. The Bertz CT molecular complexity index is 3300. The average Bonchev–Trinajstić information content (AvgIpc) is 3.34. The molecular formula is C57H38N4. The Kier molecular flexibility index (Phi) is 9.02. The first-order valence-corrected chi connectivity index (χ1v) is 20.6. The lowest BCUT2D eigenvalue weighted by Gasteiger charge is -2.15. The summed E-state index contributed by atoms with van der Waals surface area (Å²) < 4.78 is 0. The minimum atomic E-state index is 0.618. The first kappa shape index (κ1) is 36.0. The van der Waals surface area contributed by atoms with Crippen molar-refractivity contribution in [2.75, 3.05) is 0 Å². The van der Waals surface area contributed by atoms with Crippen LogP contribution in [0.3, 0.4) is 0 Å². The van der Waals surface area contributed by atoms with Gasteiger partial charge in [-0.2, -0.15) is 0 Å². The summed E-state index contributed by atoms with van der Waals surface area (Å²) in [5.41, 5.74) is 12.6. The smallest absolute Gasteiger partial charge is 0.164 e. The Morgan fingerprint density at radius 3 is 1.15 bits per heavy atom. The second kappa shape index (κ2) is 15.3. The summed E-state index contributed by atoms with van der Waals surface area (Å²) in [6, 6.07) is 75.0. The fourth-order valence-electron chi connectivity index (χ4n) is 8.51. The first-order chi connectivity index (χ1) is 30.1. The van der Waals surface area contributed by atoms with Gasteiger partial charge in [0.25, 0.3) is 0 Å². The van der Waals surface area contributed by atoms with Gasteiger partial charge in [-0.05, 0) is 109 Å². The molecule has 9 aromatic carbocycles. The topological polar surface area (TPSA) is 51.6 Å². The van der Waals surface area contributed by atoms with Gasteiger partial charge in [-0.25, -0.2) is 15.0 Å². The molecule has 0 radical (unpaired) electrons. The van der Waals surface area contributed by atoms with Gasteiger partial charge < -0.3 is 0 Å². The van der Waals surface area contributed by atoms with Gasteiger partial charge in [0.2, 0.25) is 0 Å². The van der Waals surface area contributed by atoms with Crippen LogP contribution in [-0.2, 0) is 0 Å². The maximum atomic E-state index is 5.15. The molecule has 11 rings (SSSR count). The van der Waals surface area contributed by atoms with Crippen LogP contribution in [0.1, 0.15) is 5.69 Å². The molecule has 0 spiro atoms. The molecule has 0 atom stereocenters. The Balaban J connectivity index is 1.07. The van der Waals surface area contributed by atoms with E-state index in [0.29, 0.717) is 17.5 Å². The lowest BCUT2D eigenvalue weighted by molar-refractivity contribution is 1.07. The van der Waals surface area contributed by atoms with Gasteiger partial charge in [0.1, 0.15) is 0 Å². The quantitative estimate of drug-likeness (QED) is 0.151. The second-order valence-electron chi connectivity index (χ2n) is 15.5. The van der Waals surface area contributed by atoms with E-state index in [2.05, 4.69) is 146 Å². The molecule has 0 saturated heterocycles. The molecule has 0 saturated carbocycles. The molecule has 0 fully saturated rings. The predicted octanol–water partition coefficient (Wildman–Crippen LogP) is 14.7. The Morgan fingerprint density at radius 2 is 0.623 bits per heavy atom. The highest BCUT2D eigenvalue weighted by Crippen LogP contribution is 2.39. The number of hydrogen-bond acceptors (Lipinski definition) is 4. The highest BCUT2D eigenvalue weighted by atomic mass is 15.0. The molecule has 2 aromatic heterocycles. The van der Waals surface area contributed by atoms with E-state index in [0.717, 1.165) is 67.0 Å². The van der Waals surface area contributed by atoms with E-state index in [9.17, 15) is 0 Å². The zero-order valence-corrected chi connectivity index (χ0v) is 33.5. The van der Waals surface area contributed by atoms with Crippen molar-refractivity contribution in [3.8, 4) is 78.8 Å². The zero-order valence-electron chi connectivity index (χ0n) is 33.5. The Labute approximate surface area is 354 Å². The van der Waals surface area contributed by atoms with Crippen LogP contribution in [0, 0.1) is 6.92 Å². The minimum Gasteiger partial charge on any atom is -0.253 e. The number of aryl methyl sites for hydroxylation is 1. The maximum absolute atomic E-state index is 5.15. The van der Waals surface area contributed by atoms with Gasteiger partial charge in [-0.3, -0.25) is 4.98 Å². The lowest BCUT2D eigenvalue weighted by Crippen LogP contribution is -2.00. The van der Waals surface area contributed by atoms with E-state index in [4.69, 9.17) is 19.9 Å². The number of benzene rings is 9. The van der Waals surface area contributed by atoms with Crippen molar-refractivity contribution >= 4 is 32.3 Å². The monoisotopic (exact) mass is 778 g/mol. The van der Waals surface area contributed by atoms with Crippen LogP contribution in [0.4, 0.5) is 0 Å². The standard InChI is InChI=1S/C57H38N4/c1-37-13-12-22-54(58-37)41-29-27-39(28-30-41)38-23-25-40(26-24-38)45-33-46(44-31-32-52-50-20-9-8-18-48(50)49-19-10-11-21-51(49)53(52)36-44)35-47(34-45)57-60-55(42-14-4-2-5-15-42)59-56(61-57)43-16-6-3-7-17-43/h2-36H,1H3. The van der Waals surface area contributed by atoms with E-state index in [1.165, 1.54) is 32.3 Å². The molecule has 0 aliphatic heterocycles. The van der Waals surface area contributed by atoms with Crippen LogP contribution in [0.25, 0.3) is 111 Å². The van der Waals surface area contributed by atoms with Crippen molar-refractivity contribution in [1.82, 2.24) is 19.9 Å². The molecule has 0 aliphatic carbocycles. The normalized spacial score (nSPS) is 11.4. The molecule has 0 bridgehead atoms. The van der Waals surface area contributed by atoms with Gasteiger partial charge in [-0.15, -0.1) is 0 Å². The average molecular weight is 779 g/mol. The molecule has 0 unspecified atom stereocenters. The third kappa shape index (κ3) is 6.90. The lowest BCUT2D eigenvalue weighted by atomic mass is 9.90. The summed E-state index contributed by atoms with van der Waals surface area (Å²) >= 11 is 0. The number of pyridine rings is 1. The summed E-state index contributed by atoms with van der Waals surface area (Å²) in [4.78, 5) is 20.0. The van der Waals surface area contributed by atoms with E-state index in [1.807, 2.05) is 73.7 Å². The van der Waals surface area contributed by atoms with Gasteiger partial charge in [0.15, 0.2) is 17.5 Å². The molecule has 61 heavy (non-hydrogen) atoms. The van der Waals surface area contributed by atoms with Crippen molar-refractivity contribution in [2.24, 2.45) is 0 Å². The Morgan fingerprint density at radius 1 is 0.230 bits per heavy atom. The number of aromatic nitrogens is 4. The number of hydrogen-bond donors (Lipinski definition) is 0. The van der Waals surface area contributed by atoms with Crippen molar-refractivity contribution in [3.63, 3.8) is 0 Å². The fourth-order valence-corrected chi connectivity index (χ4v) is 8.51. The number of nitrogens with zero attached hydrogens (tertiary/aromatic N) is 4. The van der Waals surface area contributed by atoms with Crippen molar-refractivity contribution < 1.29 is 0 Å². The fraction of sp³-hybridized carbons (Fsp3) is 0.0175. The third-order valence-corrected chi connectivity index (χ3v) is 11.6. The highest BCUT2D eigenvalue weighted by molar-refractivity contribution is 6.25. The van der Waals surface area contributed by atoms with Crippen LogP contribution >= 0.6 is 0 Å². The molecule has 0 aliphatic rings. The van der Waals surface area contributed by atoms with Crippen molar-refractivity contribution in [1.29, 1.82) is 0 Å². The molecule has 11 aromatic rings. The van der Waals surface area contributed by atoms with Gasteiger partial charge >= 0.3 is 0 Å². The van der Waals surface area contributed by atoms with Gasteiger partial charge in [-0.1, -0.05) is 176 Å². The zero-order chi connectivity index (χ0) is 40.7. The van der Waals surface area contributed by atoms with Crippen molar-refractivity contribution in [2.45, 2.75) is 6.92 Å². The highest BCUT2D eigenvalue weighted by Gasteiger charge is 2.16. The van der Waals surface area contributed by atoms with Gasteiger partial charge in [0.05, 0.1) is 5.69 Å². The van der Waals surface area contributed by atoms with E-state index in [1.54, 1.807) is 0 Å². The molecule has 4 nitrogen and oxygen atoms in total. The molecule has 286 valence electrons. The Hall–Kier alpha value is -8.08. The van der Waals surface area contributed by atoms with Crippen LogP contribution in [0.2, 0.25) is 0 Å². The molecule has 2 heterocycles. The summed E-state index contributed by atoms with van der Waals surface area (Å²) in [6.45, 7) is 2.03. The summed E-state index contributed by atoms with van der Waals surface area (Å²) in [5, 5.41) is 7.49. The molecule has 0 N–H and O–H groups in total. The number of rotatable bonds is 7. The van der Waals surface area contributed by atoms with Gasteiger partial charge in [0, 0.05) is 27.9 Å². The van der Waals surface area contributed by atoms with E-state index in [-0.39, 0.29) is 0 Å².